The lowest BCUT2D eigenvalue weighted by atomic mass is 9.75. The highest BCUT2D eigenvalue weighted by Crippen LogP contribution is 2.34. The van der Waals surface area contributed by atoms with Gasteiger partial charge in [-0.2, -0.15) is 13.2 Å². The molecule has 1 aromatic carbocycles. The Morgan fingerprint density at radius 3 is 2.06 bits per heavy atom. The van der Waals surface area contributed by atoms with Gasteiger partial charge >= 0.3 is 13.2 Å². The van der Waals surface area contributed by atoms with Crippen LogP contribution in [0.2, 0.25) is 0 Å². The molecule has 0 aliphatic heterocycles. The number of halogens is 6. The number of benzene rings is 1. The molecule has 0 heterocycles. The van der Waals surface area contributed by atoms with E-state index in [0.29, 0.717) is 6.92 Å². The largest absolute Gasteiger partial charge is 0.510 e. The van der Waals surface area contributed by atoms with Gasteiger partial charge < -0.3 is 12.9 Å². The normalized spacial score (nSPS) is 12.6. The minimum absolute atomic E-state index is 0.0979. The fraction of sp³-hybridized carbons (Fsp3) is 0.250. The number of nitro groups is 1. The second-order valence-corrected chi connectivity index (χ2v) is 3.54. The first-order valence-electron chi connectivity index (χ1n) is 4.50. The van der Waals surface area contributed by atoms with Crippen LogP contribution in [0.4, 0.5) is 31.8 Å². The van der Waals surface area contributed by atoms with Crippen molar-refractivity contribution < 1.29 is 31.0 Å². The van der Waals surface area contributed by atoms with Crippen molar-refractivity contribution in [3.63, 3.8) is 0 Å². The number of rotatable bonds is 2. The van der Waals surface area contributed by atoms with Crippen LogP contribution in [0.3, 0.4) is 0 Å². The maximum atomic E-state index is 12.5. The van der Waals surface area contributed by atoms with E-state index in [9.17, 15) is 36.2 Å². The molecular formula is C8H5BF6NO2-. The molecule has 0 bridgehead atoms. The van der Waals surface area contributed by atoms with Crippen molar-refractivity contribution in [3.05, 3.63) is 33.4 Å². The summed E-state index contributed by atoms with van der Waals surface area (Å²) in [4.78, 5) is 9.06. The zero-order valence-corrected chi connectivity index (χ0v) is 8.76. The lowest BCUT2D eigenvalue weighted by Gasteiger charge is -2.21. The Morgan fingerprint density at radius 1 is 1.22 bits per heavy atom. The summed E-state index contributed by atoms with van der Waals surface area (Å²) in [6.07, 6.45) is -5.08. The Morgan fingerprint density at radius 2 is 1.72 bits per heavy atom. The molecule has 0 radical (unpaired) electrons. The highest BCUT2D eigenvalue weighted by atomic mass is 19.4. The fourth-order valence-electron chi connectivity index (χ4n) is 1.46. The molecule has 0 aliphatic rings. The third-order valence-electron chi connectivity index (χ3n) is 2.30. The molecule has 0 saturated carbocycles. The van der Waals surface area contributed by atoms with Crippen LogP contribution >= 0.6 is 0 Å². The molecule has 0 saturated heterocycles. The maximum absolute atomic E-state index is 12.5. The molecule has 0 aromatic heterocycles. The van der Waals surface area contributed by atoms with Gasteiger partial charge in [0.25, 0.3) is 5.69 Å². The van der Waals surface area contributed by atoms with Crippen molar-refractivity contribution in [2.24, 2.45) is 0 Å². The van der Waals surface area contributed by atoms with Crippen molar-refractivity contribution in [1.29, 1.82) is 0 Å². The van der Waals surface area contributed by atoms with Gasteiger partial charge in [-0.3, -0.25) is 10.1 Å². The van der Waals surface area contributed by atoms with Gasteiger partial charge in [-0.25, -0.2) is 0 Å². The van der Waals surface area contributed by atoms with Crippen molar-refractivity contribution in [1.82, 2.24) is 0 Å². The molecular weight excluding hydrogens is 267 g/mol. The molecule has 1 aromatic rings. The molecule has 10 heteroatoms. The van der Waals surface area contributed by atoms with E-state index in [1.165, 1.54) is 0 Å². The van der Waals surface area contributed by atoms with Crippen LogP contribution in [-0.4, -0.2) is 11.9 Å². The zero-order chi connectivity index (χ0) is 14.3. The maximum Gasteiger partial charge on any atom is 0.510 e. The van der Waals surface area contributed by atoms with Gasteiger partial charge in [0.1, 0.15) is 0 Å². The average Bonchev–Trinajstić information content (AvgIpc) is 2.13. The van der Waals surface area contributed by atoms with Gasteiger partial charge in [0.15, 0.2) is 0 Å². The summed E-state index contributed by atoms with van der Waals surface area (Å²) in [5.74, 6) is 0. The number of nitro benzene ring substituents is 1. The van der Waals surface area contributed by atoms with Crippen LogP contribution < -0.4 is 5.46 Å². The van der Waals surface area contributed by atoms with Crippen LogP contribution in [0.15, 0.2) is 12.1 Å². The van der Waals surface area contributed by atoms with Crippen LogP contribution in [-0.2, 0) is 6.18 Å². The van der Waals surface area contributed by atoms with Crippen molar-refractivity contribution in [2.75, 3.05) is 0 Å². The Balaban J connectivity index is 3.64. The lowest BCUT2D eigenvalue weighted by molar-refractivity contribution is -0.385. The monoisotopic (exact) mass is 272 g/mol. The van der Waals surface area contributed by atoms with Gasteiger partial charge in [-0.05, 0) is 13.0 Å². The molecule has 0 N–H and O–H groups in total. The number of alkyl halides is 3. The van der Waals surface area contributed by atoms with Crippen molar-refractivity contribution in [2.45, 2.75) is 13.1 Å². The van der Waals surface area contributed by atoms with Gasteiger partial charge in [0.05, 0.1) is 10.5 Å². The first kappa shape index (κ1) is 14.3. The van der Waals surface area contributed by atoms with Crippen LogP contribution in [0, 0.1) is 17.0 Å². The standard InChI is InChI=1S/C8H5BF6NO2/c1-4-6(8(10,11)12)2-5(16(17)18)3-7(4)9(13,14)15/h2-3H,1H3/q-1. The summed E-state index contributed by atoms with van der Waals surface area (Å²) < 4.78 is 75.0. The minimum Gasteiger partial charge on any atom is -0.445 e. The summed E-state index contributed by atoms with van der Waals surface area (Å²) in [6.45, 7) is -5.12. The quantitative estimate of drug-likeness (QED) is 0.359. The predicted molar refractivity (Wildman–Crippen MR) is 51.5 cm³/mol. The SMILES string of the molecule is Cc1c([B-](F)(F)F)cc([N+](=O)[O-])cc1C(F)(F)F. The molecule has 0 amide bonds. The lowest BCUT2D eigenvalue weighted by Crippen LogP contribution is -2.37. The first-order chi connectivity index (χ1) is 7.94. The molecule has 0 unspecified atom stereocenters. The predicted octanol–water partition coefficient (Wildman–Crippen LogP) is 2.98. The highest BCUT2D eigenvalue weighted by molar-refractivity contribution is 6.74. The van der Waals surface area contributed by atoms with Crippen LogP contribution in [0.25, 0.3) is 0 Å². The Kier molecular flexibility index (Phi) is 3.33. The van der Waals surface area contributed by atoms with Gasteiger partial charge in [-0.15, -0.1) is 0 Å². The second-order valence-electron chi connectivity index (χ2n) is 3.54. The highest BCUT2D eigenvalue weighted by Gasteiger charge is 2.38. The summed E-state index contributed by atoms with van der Waals surface area (Å²) >= 11 is 0. The fourth-order valence-corrected chi connectivity index (χ4v) is 1.46. The van der Waals surface area contributed by atoms with E-state index in [0.717, 1.165) is 0 Å². The van der Waals surface area contributed by atoms with Crippen LogP contribution in [0.5, 0.6) is 0 Å². The summed E-state index contributed by atoms with van der Waals surface area (Å²) in [5, 5.41) is 10.3. The second kappa shape index (κ2) is 4.18. The van der Waals surface area contributed by atoms with Crippen molar-refractivity contribution >= 4 is 18.1 Å². The van der Waals surface area contributed by atoms with E-state index in [-0.39, 0.29) is 12.1 Å². The number of hydrogen-bond acceptors (Lipinski definition) is 2. The van der Waals surface area contributed by atoms with E-state index in [2.05, 4.69) is 0 Å². The van der Waals surface area contributed by atoms with E-state index >= 15 is 0 Å². The molecule has 100 valence electrons. The average molecular weight is 272 g/mol. The third kappa shape index (κ3) is 2.74. The molecule has 1 rings (SSSR count). The Bertz CT molecular complexity index is 460. The minimum atomic E-state index is -5.75. The van der Waals surface area contributed by atoms with Gasteiger partial charge in [0.2, 0.25) is 0 Å². The Hall–Kier alpha value is -1.74. The molecule has 0 aliphatic carbocycles. The molecule has 3 nitrogen and oxygen atoms in total. The number of hydrogen-bond donors (Lipinski definition) is 0. The van der Waals surface area contributed by atoms with Gasteiger partial charge in [0, 0.05) is 6.07 Å². The molecule has 0 spiro atoms. The third-order valence-corrected chi connectivity index (χ3v) is 2.30. The van der Waals surface area contributed by atoms with Crippen LogP contribution in [0.1, 0.15) is 11.1 Å². The number of nitrogens with zero attached hydrogens (tertiary/aromatic N) is 1. The number of non-ortho nitro benzene ring substituents is 1. The van der Waals surface area contributed by atoms with Gasteiger partial charge in [-0.1, -0.05) is 11.0 Å². The van der Waals surface area contributed by atoms with E-state index in [1.54, 1.807) is 0 Å². The summed E-state index contributed by atoms with van der Waals surface area (Å²) in [5.41, 5.74) is -5.54. The molecule has 18 heavy (non-hydrogen) atoms. The summed E-state index contributed by atoms with van der Waals surface area (Å²) in [7, 11) is 0. The van der Waals surface area contributed by atoms with Crippen molar-refractivity contribution in [3.8, 4) is 0 Å². The summed E-state index contributed by atoms with van der Waals surface area (Å²) in [6, 6.07) is 0.214. The van der Waals surface area contributed by atoms with E-state index < -0.39 is 40.4 Å². The molecule has 0 atom stereocenters. The first-order valence-corrected chi connectivity index (χ1v) is 4.50. The topological polar surface area (TPSA) is 43.1 Å². The van der Waals surface area contributed by atoms with E-state index in [1.807, 2.05) is 0 Å². The Labute approximate surface area is 96.6 Å². The van der Waals surface area contributed by atoms with E-state index in [4.69, 9.17) is 0 Å². The zero-order valence-electron chi connectivity index (χ0n) is 8.76. The smallest absolute Gasteiger partial charge is 0.445 e. The molecule has 0 fully saturated rings.